The molecule has 3 nitrogen and oxygen atoms in total. The maximum atomic E-state index is 13.6. The minimum atomic E-state index is -0.218. The molecule has 1 amide bonds. The Morgan fingerprint density at radius 1 is 1.12 bits per heavy atom. The molecule has 2 aliphatic carbocycles. The molecule has 130 valence electrons. The molecule has 1 aromatic carbocycles. The fourth-order valence-electron chi connectivity index (χ4n) is 5.32. The molecule has 1 saturated heterocycles. The minimum Gasteiger partial charge on any atom is -0.335 e. The molecule has 4 rings (SSSR count). The first-order valence-electron chi connectivity index (χ1n) is 9.45. The van der Waals surface area contributed by atoms with E-state index < -0.39 is 0 Å². The summed E-state index contributed by atoms with van der Waals surface area (Å²) < 4.78 is 13.6. The van der Waals surface area contributed by atoms with Gasteiger partial charge in [-0.2, -0.15) is 0 Å². The Morgan fingerprint density at radius 3 is 2.58 bits per heavy atom. The van der Waals surface area contributed by atoms with Crippen LogP contribution in [0.3, 0.4) is 0 Å². The summed E-state index contributed by atoms with van der Waals surface area (Å²) >= 11 is 0. The van der Waals surface area contributed by atoms with Gasteiger partial charge in [-0.25, -0.2) is 4.39 Å². The number of hydrogen-bond donors (Lipinski definition) is 1. The van der Waals surface area contributed by atoms with Gasteiger partial charge in [0.1, 0.15) is 5.82 Å². The van der Waals surface area contributed by atoms with Crippen molar-refractivity contribution >= 4 is 5.91 Å². The first-order valence-corrected chi connectivity index (χ1v) is 9.45. The first-order chi connectivity index (χ1) is 11.6. The topological polar surface area (TPSA) is 46.3 Å². The summed E-state index contributed by atoms with van der Waals surface area (Å²) in [7, 11) is 0. The van der Waals surface area contributed by atoms with E-state index in [2.05, 4.69) is 0 Å². The molecule has 4 heteroatoms. The van der Waals surface area contributed by atoms with Crippen molar-refractivity contribution in [2.24, 2.45) is 23.5 Å². The zero-order valence-corrected chi connectivity index (χ0v) is 14.2. The van der Waals surface area contributed by atoms with Crippen LogP contribution in [0.4, 0.5) is 4.39 Å². The molecule has 24 heavy (non-hydrogen) atoms. The molecule has 0 radical (unpaired) electrons. The predicted octanol–water partition coefficient (Wildman–Crippen LogP) is 3.64. The van der Waals surface area contributed by atoms with Crippen molar-refractivity contribution in [2.45, 2.75) is 57.0 Å². The van der Waals surface area contributed by atoms with Crippen molar-refractivity contribution in [3.8, 4) is 0 Å². The fraction of sp³-hybridized carbons (Fsp3) is 0.650. The smallest absolute Gasteiger partial charge is 0.226 e. The van der Waals surface area contributed by atoms with Gasteiger partial charge >= 0.3 is 0 Å². The SMILES string of the molecule is NC1C2CCCC1CC(C(=O)N1CCCC1c1cccc(F)c1)C2. The van der Waals surface area contributed by atoms with Crippen molar-refractivity contribution < 1.29 is 9.18 Å². The molecular formula is C20H27FN2O. The van der Waals surface area contributed by atoms with Gasteiger partial charge < -0.3 is 10.6 Å². The van der Waals surface area contributed by atoms with Crippen molar-refractivity contribution in [3.63, 3.8) is 0 Å². The van der Waals surface area contributed by atoms with Crippen LogP contribution >= 0.6 is 0 Å². The number of amides is 1. The van der Waals surface area contributed by atoms with Gasteiger partial charge in [0.25, 0.3) is 0 Å². The molecule has 1 aromatic rings. The highest BCUT2D eigenvalue weighted by atomic mass is 19.1. The first kappa shape index (κ1) is 16.1. The molecule has 2 N–H and O–H groups in total. The lowest BCUT2D eigenvalue weighted by molar-refractivity contribution is -0.139. The van der Waals surface area contributed by atoms with Crippen LogP contribution in [-0.4, -0.2) is 23.4 Å². The second-order valence-electron chi connectivity index (χ2n) is 7.94. The zero-order valence-electron chi connectivity index (χ0n) is 14.2. The van der Waals surface area contributed by atoms with E-state index in [1.54, 1.807) is 12.1 Å². The standard InChI is InChI=1S/C20H27FN2O/c21-17-7-2-4-13(12-17)18-8-3-9-23(18)20(24)16-10-14-5-1-6-15(11-16)19(14)22/h2,4,7,12,14-16,18-19H,1,3,5-6,8-11,22H2. The van der Waals surface area contributed by atoms with Crippen LogP contribution in [0.15, 0.2) is 24.3 Å². The Bertz CT molecular complexity index is 605. The maximum absolute atomic E-state index is 13.6. The Kier molecular flexibility index (Phi) is 4.33. The van der Waals surface area contributed by atoms with Crippen LogP contribution in [0, 0.1) is 23.6 Å². The van der Waals surface area contributed by atoms with E-state index >= 15 is 0 Å². The number of nitrogens with zero attached hydrogens (tertiary/aromatic N) is 1. The molecule has 2 saturated carbocycles. The monoisotopic (exact) mass is 330 g/mol. The molecule has 3 fully saturated rings. The molecule has 0 aromatic heterocycles. The third-order valence-corrected chi connectivity index (χ3v) is 6.53. The van der Waals surface area contributed by atoms with Crippen molar-refractivity contribution in [1.29, 1.82) is 0 Å². The number of hydrogen-bond acceptors (Lipinski definition) is 2. The van der Waals surface area contributed by atoms with Crippen molar-refractivity contribution in [3.05, 3.63) is 35.6 Å². The number of carbonyl (C=O) groups excluding carboxylic acids is 1. The Labute approximate surface area is 143 Å². The number of fused-ring (bicyclic) bond motifs is 2. The highest BCUT2D eigenvalue weighted by Gasteiger charge is 2.43. The Morgan fingerprint density at radius 2 is 1.88 bits per heavy atom. The molecule has 3 aliphatic rings. The van der Waals surface area contributed by atoms with Crippen molar-refractivity contribution in [2.75, 3.05) is 6.54 Å². The van der Waals surface area contributed by atoms with Crippen LogP contribution in [0.25, 0.3) is 0 Å². The lowest BCUT2D eigenvalue weighted by Crippen LogP contribution is -2.49. The Hall–Kier alpha value is -1.42. The number of carbonyl (C=O) groups is 1. The van der Waals surface area contributed by atoms with E-state index in [1.165, 1.54) is 25.3 Å². The zero-order chi connectivity index (χ0) is 16.7. The molecule has 0 spiro atoms. The van der Waals surface area contributed by atoms with Gasteiger partial charge in [-0.1, -0.05) is 18.6 Å². The van der Waals surface area contributed by atoms with Gasteiger partial charge in [-0.05, 0) is 68.1 Å². The van der Waals surface area contributed by atoms with Gasteiger partial charge in [-0.15, -0.1) is 0 Å². The summed E-state index contributed by atoms with van der Waals surface area (Å²) in [6, 6.07) is 7.08. The molecule has 3 unspecified atom stereocenters. The molecule has 1 heterocycles. The van der Waals surface area contributed by atoms with E-state index in [-0.39, 0.29) is 23.7 Å². The largest absolute Gasteiger partial charge is 0.335 e. The van der Waals surface area contributed by atoms with Gasteiger partial charge in [0.15, 0.2) is 0 Å². The van der Waals surface area contributed by atoms with Crippen LogP contribution < -0.4 is 5.73 Å². The predicted molar refractivity (Wildman–Crippen MR) is 91.6 cm³/mol. The van der Waals surface area contributed by atoms with Gasteiger partial charge in [0.2, 0.25) is 5.91 Å². The van der Waals surface area contributed by atoms with Crippen LogP contribution in [0.1, 0.15) is 56.6 Å². The molecule has 3 atom stereocenters. The van der Waals surface area contributed by atoms with Gasteiger partial charge in [0, 0.05) is 18.5 Å². The lowest BCUT2D eigenvalue weighted by Gasteiger charge is -2.44. The number of nitrogens with two attached hydrogens (primary N) is 1. The third-order valence-electron chi connectivity index (χ3n) is 6.53. The van der Waals surface area contributed by atoms with E-state index in [9.17, 15) is 9.18 Å². The second-order valence-corrected chi connectivity index (χ2v) is 7.94. The lowest BCUT2D eigenvalue weighted by atomic mass is 9.65. The highest BCUT2D eigenvalue weighted by Crippen LogP contribution is 2.44. The summed E-state index contributed by atoms with van der Waals surface area (Å²) in [6.07, 6.45) is 7.45. The van der Waals surface area contributed by atoms with Crippen LogP contribution in [0.2, 0.25) is 0 Å². The van der Waals surface area contributed by atoms with Crippen LogP contribution in [-0.2, 0) is 4.79 Å². The molecular weight excluding hydrogens is 303 g/mol. The third kappa shape index (κ3) is 2.85. The minimum absolute atomic E-state index is 0.0450. The average Bonchev–Trinajstić information content (AvgIpc) is 3.03. The van der Waals surface area contributed by atoms with E-state index in [0.29, 0.717) is 17.9 Å². The second kappa shape index (κ2) is 6.47. The number of rotatable bonds is 2. The summed E-state index contributed by atoms with van der Waals surface area (Å²) in [5, 5.41) is 0. The maximum Gasteiger partial charge on any atom is 0.226 e. The summed E-state index contributed by atoms with van der Waals surface area (Å²) in [5.74, 6) is 1.22. The highest BCUT2D eigenvalue weighted by molar-refractivity contribution is 5.80. The Balaban J connectivity index is 1.51. The number of likely N-dealkylation sites (tertiary alicyclic amines) is 1. The summed E-state index contributed by atoms with van der Waals surface area (Å²) in [5.41, 5.74) is 7.31. The van der Waals surface area contributed by atoms with E-state index in [0.717, 1.165) is 37.8 Å². The van der Waals surface area contributed by atoms with E-state index in [4.69, 9.17) is 5.73 Å². The average molecular weight is 330 g/mol. The van der Waals surface area contributed by atoms with Crippen molar-refractivity contribution in [1.82, 2.24) is 4.90 Å². The normalized spacial score (nSPS) is 35.9. The number of benzene rings is 1. The summed E-state index contributed by atoms with van der Waals surface area (Å²) in [6.45, 7) is 0.803. The molecule has 2 bridgehead atoms. The van der Waals surface area contributed by atoms with Crippen LogP contribution in [0.5, 0.6) is 0 Å². The summed E-state index contributed by atoms with van der Waals surface area (Å²) in [4.78, 5) is 15.2. The number of halogens is 1. The quantitative estimate of drug-likeness (QED) is 0.900. The van der Waals surface area contributed by atoms with Gasteiger partial charge in [0.05, 0.1) is 6.04 Å². The fourth-order valence-corrected chi connectivity index (χ4v) is 5.32. The van der Waals surface area contributed by atoms with Gasteiger partial charge in [-0.3, -0.25) is 4.79 Å². The molecule has 1 aliphatic heterocycles. The van der Waals surface area contributed by atoms with E-state index in [1.807, 2.05) is 11.0 Å².